The van der Waals surface area contributed by atoms with Crippen molar-refractivity contribution in [3.63, 3.8) is 0 Å². The van der Waals surface area contributed by atoms with Crippen molar-refractivity contribution in [3.05, 3.63) is 53.6 Å². The summed E-state index contributed by atoms with van der Waals surface area (Å²) in [7, 11) is -2.15. The number of likely N-dealkylation sites (N-methyl/N-ethyl adjacent to an activating group) is 1. The second-order valence-corrected chi connectivity index (χ2v) is 12.1. The topological polar surface area (TPSA) is 99.3 Å². The van der Waals surface area contributed by atoms with Crippen molar-refractivity contribution in [3.8, 4) is 5.75 Å². The van der Waals surface area contributed by atoms with Gasteiger partial charge in [0.1, 0.15) is 17.9 Å². The first-order valence-electron chi connectivity index (χ1n) is 12.4. The van der Waals surface area contributed by atoms with Crippen LogP contribution in [0.1, 0.15) is 25.7 Å². The summed E-state index contributed by atoms with van der Waals surface area (Å²) in [5.74, 6) is -0.164. The molecule has 200 valence electrons. The lowest BCUT2D eigenvalue weighted by atomic mass is 10.0. The molecule has 0 unspecified atom stereocenters. The Morgan fingerprint density at radius 2 is 1.86 bits per heavy atom. The molecule has 2 heterocycles. The van der Waals surface area contributed by atoms with Gasteiger partial charge in [0, 0.05) is 37.9 Å². The molecule has 2 atom stereocenters. The molecule has 0 aromatic heterocycles. The van der Waals surface area contributed by atoms with Gasteiger partial charge in [-0.2, -0.15) is 4.31 Å². The van der Waals surface area contributed by atoms with Crippen LogP contribution in [0.2, 0.25) is 5.02 Å². The monoisotopic (exact) mass is 548 g/mol. The van der Waals surface area contributed by atoms with Gasteiger partial charge in [0.15, 0.2) is 0 Å². The summed E-state index contributed by atoms with van der Waals surface area (Å²) in [6.45, 7) is 1.77. The maximum atomic E-state index is 13.1. The molecule has 2 aliphatic heterocycles. The molecule has 0 radical (unpaired) electrons. The highest BCUT2D eigenvalue weighted by Crippen LogP contribution is 2.31. The second-order valence-electron chi connectivity index (χ2n) is 9.56. The molecule has 4 rings (SSSR count). The highest BCUT2D eigenvalue weighted by atomic mass is 35.5. The minimum atomic E-state index is -3.50. The molecule has 11 heteroatoms. The van der Waals surface area contributed by atoms with Crippen LogP contribution < -0.4 is 15.0 Å². The van der Waals surface area contributed by atoms with Gasteiger partial charge in [-0.25, -0.2) is 8.42 Å². The van der Waals surface area contributed by atoms with Crippen LogP contribution in [0.3, 0.4) is 0 Å². The second kappa shape index (κ2) is 11.7. The van der Waals surface area contributed by atoms with E-state index in [1.807, 2.05) is 18.2 Å². The molecule has 2 aromatic rings. The molecule has 2 fully saturated rings. The van der Waals surface area contributed by atoms with Crippen LogP contribution >= 0.6 is 11.6 Å². The fourth-order valence-corrected chi connectivity index (χ4v) is 5.25. The number of piperidine rings is 1. The Kier molecular flexibility index (Phi) is 8.61. The maximum absolute atomic E-state index is 13.1. The third-order valence-electron chi connectivity index (χ3n) is 6.81. The Hall–Kier alpha value is -2.82. The van der Waals surface area contributed by atoms with Gasteiger partial charge in [0.25, 0.3) is 0 Å². The largest absolute Gasteiger partial charge is 0.487 e. The first-order valence-corrected chi connectivity index (χ1v) is 14.6. The van der Waals surface area contributed by atoms with Crippen molar-refractivity contribution in [1.82, 2.24) is 9.21 Å². The van der Waals surface area contributed by atoms with E-state index in [4.69, 9.17) is 16.3 Å². The number of hydrogen-bond acceptors (Lipinski definition) is 6. The maximum Gasteiger partial charge on any atom is 0.247 e. The molecule has 0 saturated carbocycles. The average Bonchev–Trinajstić information content (AvgIpc) is 3.34. The highest BCUT2D eigenvalue weighted by molar-refractivity contribution is 7.88. The molecular weight excluding hydrogens is 516 g/mol. The zero-order valence-electron chi connectivity index (χ0n) is 21.1. The first-order chi connectivity index (χ1) is 17.6. The summed E-state index contributed by atoms with van der Waals surface area (Å²) in [5, 5.41) is 3.25. The number of halogens is 1. The van der Waals surface area contributed by atoms with Crippen LogP contribution in [0.15, 0.2) is 48.5 Å². The van der Waals surface area contributed by atoms with Gasteiger partial charge in [-0.05, 0) is 49.6 Å². The quantitative estimate of drug-likeness (QED) is 0.544. The predicted molar refractivity (Wildman–Crippen MR) is 145 cm³/mol. The van der Waals surface area contributed by atoms with Gasteiger partial charge in [-0.1, -0.05) is 29.8 Å². The van der Waals surface area contributed by atoms with Crippen molar-refractivity contribution >= 4 is 44.8 Å². The fourth-order valence-electron chi connectivity index (χ4n) is 4.68. The van der Waals surface area contributed by atoms with Gasteiger partial charge in [0.2, 0.25) is 21.8 Å². The number of likely N-dealkylation sites (tertiary alicyclic amines) is 1. The molecule has 2 amide bonds. The number of rotatable bonds is 8. The van der Waals surface area contributed by atoms with E-state index in [9.17, 15) is 18.0 Å². The molecule has 2 aliphatic rings. The van der Waals surface area contributed by atoms with Gasteiger partial charge >= 0.3 is 0 Å². The van der Waals surface area contributed by atoms with E-state index in [0.29, 0.717) is 29.4 Å². The third-order valence-corrected chi connectivity index (χ3v) is 8.37. The van der Waals surface area contributed by atoms with Crippen LogP contribution in [0.4, 0.5) is 11.4 Å². The fraction of sp³-hybridized carbons (Fsp3) is 0.462. The number of ether oxygens (including phenoxy) is 1. The van der Waals surface area contributed by atoms with Gasteiger partial charge in [-0.3, -0.25) is 9.59 Å². The van der Waals surface area contributed by atoms with Crippen LogP contribution in [0.25, 0.3) is 0 Å². The van der Waals surface area contributed by atoms with Crippen molar-refractivity contribution < 1.29 is 22.7 Å². The zero-order valence-corrected chi connectivity index (χ0v) is 22.7. The standard InChI is InChI=1S/C26H33ClN4O5S/c1-29(37(2,34)35)18-25(32)31-14-7-6-10-23(31)26(33)28-19-11-12-24(22(27)16-19)36-21-13-15-30(17-21)20-8-4-3-5-9-20/h3-5,8-9,11-12,16,21,23H,6-7,10,13-15,17-18H2,1-2H3,(H,28,33)/t21-,23+/m0/s1. The number of carbonyl (C=O) groups excluding carboxylic acids is 2. The normalized spacial score (nSPS) is 20.2. The number of sulfonamides is 1. The average molecular weight is 549 g/mol. The van der Waals surface area contributed by atoms with Crippen LogP contribution in [-0.2, 0) is 19.6 Å². The van der Waals surface area contributed by atoms with Gasteiger partial charge in [0.05, 0.1) is 24.4 Å². The summed E-state index contributed by atoms with van der Waals surface area (Å²) in [5.41, 5.74) is 1.67. The number of nitrogens with zero attached hydrogens (tertiary/aromatic N) is 3. The molecular formula is C26H33ClN4O5S. The lowest BCUT2D eigenvalue weighted by Crippen LogP contribution is -2.52. The SMILES string of the molecule is CN(CC(=O)N1CCCC[C@@H]1C(=O)Nc1ccc(O[C@H]2CCN(c3ccccc3)C2)c(Cl)c1)S(C)(=O)=O. The molecule has 9 nitrogen and oxygen atoms in total. The molecule has 0 spiro atoms. The number of nitrogens with one attached hydrogen (secondary N) is 1. The van der Waals surface area contributed by atoms with Crippen molar-refractivity contribution in [2.24, 2.45) is 0 Å². The van der Waals surface area contributed by atoms with E-state index < -0.39 is 22.0 Å². The van der Waals surface area contributed by atoms with E-state index in [0.717, 1.165) is 48.6 Å². The molecule has 0 aliphatic carbocycles. The van der Waals surface area contributed by atoms with Crippen LogP contribution in [0, 0.1) is 0 Å². The molecule has 2 aromatic carbocycles. The number of carbonyl (C=O) groups is 2. The number of anilines is 2. The molecule has 2 saturated heterocycles. The summed E-state index contributed by atoms with van der Waals surface area (Å²) >= 11 is 6.49. The summed E-state index contributed by atoms with van der Waals surface area (Å²) in [6.07, 6.45) is 4.00. The Bertz CT molecular complexity index is 1230. The van der Waals surface area contributed by atoms with E-state index in [-0.39, 0.29) is 18.6 Å². The Morgan fingerprint density at radius 3 is 2.57 bits per heavy atom. The van der Waals surface area contributed by atoms with E-state index in [1.165, 1.54) is 11.9 Å². The summed E-state index contributed by atoms with van der Waals surface area (Å²) in [6, 6.07) is 14.6. The molecule has 37 heavy (non-hydrogen) atoms. The van der Waals surface area contributed by atoms with Gasteiger partial charge < -0.3 is 19.9 Å². The third kappa shape index (κ3) is 6.94. The summed E-state index contributed by atoms with van der Waals surface area (Å²) < 4.78 is 30.6. The number of amides is 2. The Balaban J connectivity index is 1.36. The number of benzene rings is 2. The number of hydrogen-bond donors (Lipinski definition) is 1. The lowest BCUT2D eigenvalue weighted by molar-refractivity contribution is -0.140. The first kappa shape index (κ1) is 27.2. The zero-order chi connectivity index (χ0) is 26.6. The van der Waals surface area contributed by atoms with Crippen molar-refractivity contribution in [1.29, 1.82) is 0 Å². The molecule has 0 bridgehead atoms. The Morgan fingerprint density at radius 1 is 1.11 bits per heavy atom. The van der Waals surface area contributed by atoms with Crippen molar-refractivity contribution in [2.75, 3.05) is 49.7 Å². The predicted octanol–water partition coefficient (Wildman–Crippen LogP) is 3.21. The Labute approximate surface area is 223 Å². The van der Waals surface area contributed by atoms with Gasteiger partial charge in [-0.15, -0.1) is 0 Å². The smallest absolute Gasteiger partial charge is 0.247 e. The van der Waals surface area contributed by atoms with Crippen LogP contribution in [0.5, 0.6) is 5.75 Å². The van der Waals surface area contributed by atoms with Crippen molar-refractivity contribution in [2.45, 2.75) is 37.8 Å². The van der Waals surface area contributed by atoms with Crippen LogP contribution in [-0.4, -0.2) is 81.1 Å². The van der Waals surface area contributed by atoms with E-state index in [1.54, 1.807) is 18.2 Å². The minimum absolute atomic E-state index is 0.00465. The van der Waals surface area contributed by atoms with E-state index >= 15 is 0 Å². The lowest BCUT2D eigenvalue weighted by Gasteiger charge is -2.35. The minimum Gasteiger partial charge on any atom is -0.487 e. The summed E-state index contributed by atoms with van der Waals surface area (Å²) in [4.78, 5) is 29.6. The van der Waals surface area contributed by atoms with E-state index in [2.05, 4.69) is 22.3 Å². The highest BCUT2D eigenvalue weighted by Gasteiger charge is 2.33. The number of para-hydroxylation sites is 1. The molecule has 1 N–H and O–H groups in total.